The highest BCUT2D eigenvalue weighted by Crippen LogP contribution is 2.27. The maximum Gasteiger partial charge on any atom is 0.322 e. The van der Waals surface area contributed by atoms with Crippen LogP contribution in [0.4, 0.5) is 11.9 Å². The van der Waals surface area contributed by atoms with E-state index >= 15 is 0 Å². The van der Waals surface area contributed by atoms with E-state index in [-0.39, 0.29) is 0 Å². The first kappa shape index (κ1) is 11.9. The maximum atomic E-state index is 5.04. The van der Waals surface area contributed by atoms with Crippen molar-refractivity contribution in [2.75, 3.05) is 24.8 Å². The number of methoxy groups -OCH3 is 1. The number of hydrogen-bond acceptors (Lipinski definition) is 6. The normalized spacial score (nSPS) is 23.5. The lowest BCUT2D eigenvalue weighted by molar-refractivity contribution is 0.379. The molecule has 6 nitrogen and oxygen atoms in total. The van der Waals surface area contributed by atoms with Gasteiger partial charge >= 0.3 is 6.01 Å². The lowest BCUT2D eigenvalue weighted by Gasteiger charge is -2.13. The molecule has 6 heteroatoms. The van der Waals surface area contributed by atoms with E-state index < -0.39 is 0 Å². The van der Waals surface area contributed by atoms with Gasteiger partial charge in [-0.1, -0.05) is 6.92 Å². The van der Waals surface area contributed by atoms with E-state index in [1.54, 1.807) is 14.2 Å². The van der Waals surface area contributed by atoms with Crippen LogP contribution in [0.2, 0.25) is 0 Å². The molecule has 0 amide bonds. The minimum Gasteiger partial charge on any atom is -0.467 e. The fourth-order valence-electron chi connectivity index (χ4n) is 2.14. The van der Waals surface area contributed by atoms with Crippen molar-refractivity contribution in [3.63, 3.8) is 0 Å². The van der Waals surface area contributed by atoms with Crippen molar-refractivity contribution in [2.24, 2.45) is 5.92 Å². The summed E-state index contributed by atoms with van der Waals surface area (Å²) >= 11 is 0. The second-order valence-corrected chi connectivity index (χ2v) is 4.48. The third-order valence-electron chi connectivity index (χ3n) is 3.05. The standard InChI is InChI=1S/C11H19N5O/c1-7-4-5-8(6-7)13-10-14-9(12-2)15-11(16-10)17-3/h7-8H,4-6H2,1-3H3,(H2,12,13,14,15,16). The Morgan fingerprint density at radius 2 is 1.94 bits per heavy atom. The van der Waals surface area contributed by atoms with Crippen LogP contribution >= 0.6 is 0 Å². The smallest absolute Gasteiger partial charge is 0.322 e. The van der Waals surface area contributed by atoms with E-state index in [2.05, 4.69) is 32.5 Å². The van der Waals surface area contributed by atoms with E-state index in [0.29, 0.717) is 23.9 Å². The summed E-state index contributed by atoms with van der Waals surface area (Å²) in [5, 5.41) is 6.23. The summed E-state index contributed by atoms with van der Waals surface area (Å²) in [6.45, 7) is 2.27. The summed E-state index contributed by atoms with van der Waals surface area (Å²) in [7, 11) is 3.33. The molecule has 2 unspecified atom stereocenters. The van der Waals surface area contributed by atoms with Gasteiger partial charge in [-0.05, 0) is 25.2 Å². The molecule has 2 atom stereocenters. The molecule has 0 radical (unpaired) electrons. The zero-order chi connectivity index (χ0) is 12.3. The van der Waals surface area contributed by atoms with Crippen LogP contribution < -0.4 is 15.4 Å². The van der Waals surface area contributed by atoms with Gasteiger partial charge in [0.2, 0.25) is 11.9 Å². The Balaban J connectivity index is 2.09. The van der Waals surface area contributed by atoms with Crippen molar-refractivity contribution >= 4 is 11.9 Å². The second kappa shape index (κ2) is 5.16. The molecule has 0 aliphatic heterocycles. The molecule has 94 valence electrons. The van der Waals surface area contributed by atoms with E-state index in [1.165, 1.54) is 19.3 Å². The number of anilines is 2. The van der Waals surface area contributed by atoms with Crippen molar-refractivity contribution in [1.29, 1.82) is 0 Å². The van der Waals surface area contributed by atoms with E-state index in [1.807, 2.05) is 0 Å². The van der Waals surface area contributed by atoms with Gasteiger partial charge in [-0.2, -0.15) is 15.0 Å². The Bertz CT molecular complexity index is 362. The van der Waals surface area contributed by atoms with Crippen molar-refractivity contribution in [2.45, 2.75) is 32.2 Å². The van der Waals surface area contributed by atoms with Crippen LogP contribution in [0.5, 0.6) is 6.01 Å². The van der Waals surface area contributed by atoms with E-state index in [0.717, 1.165) is 5.92 Å². The third kappa shape index (κ3) is 2.95. The van der Waals surface area contributed by atoms with Gasteiger partial charge in [0.15, 0.2) is 0 Å². The minimum absolute atomic E-state index is 0.331. The van der Waals surface area contributed by atoms with Crippen LogP contribution in [0.3, 0.4) is 0 Å². The van der Waals surface area contributed by atoms with Crippen molar-refractivity contribution in [3.8, 4) is 6.01 Å². The second-order valence-electron chi connectivity index (χ2n) is 4.48. The highest BCUT2D eigenvalue weighted by atomic mass is 16.5. The monoisotopic (exact) mass is 237 g/mol. The molecule has 0 saturated heterocycles. The number of aromatic nitrogens is 3. The molecule has 0 aromatic carbocycles. The Hall–Kier alpha value is -1.59. The fourth-order valence-corrected chi connectivity index (χ4v) is 2.14. The predicted molar refractivity (Wildman–Crippen MR) is 66.4 cm³/mol. The number of rotatable bonds is 4. The molecule has 1 heterocycles. The summed E-state index contributed by atoms with van der Waals surface area (Å²) in [6, 6.07) is 0.791. The van der Waals surface area contributed by atoms with Gasteiger partial charge < -0.3 is 15.4 Å². The molecule has 1 aliphatic rings. The van der Waals surface area contributed by atoms with Gasteiger partial charge in [0.25, 0.3) is 0 Å². The van der Waals surface area contributed by atoms with Gasteiger partial charge in [-0.25, -0.2) is 0 Å². The van der Waals surface area contributed by atoms with Crippen LogP contribution in [0.1, 0.15) is 26.2 Å². The number of nitrogens with zero attached hydrogens (tertiary/aromatic N) is 3. The van der Waals surface area contributed by atoms with Crippen LogP contribution in [0.15, 0.2) is 0 Å². The number of ether oxygens (including phenoxy) is 1. The fraction of sp³-hybridized carbons (Fsp3) is 0.727. The molecule has 17 heavy (non-hydrogen) atoms. The molecule has 1 aromatic rings. The van der Waals surface area contributed by atoms with Crippen LogP contribution in [-0.2, 0) is 0 Å². The summed E-state index contributed by atoms with van der Waals surface area (Å²) in [5.41, 5.74) is 0. The average molecular weight is 237 g/mol. The van der Waals surface area contributed by atoms with Crippen molar-refractivity contribution < 1.29 is 4.74 Å². The molecule has 1 aliphatic carbocycles. The Kier molecular flexibility index (Phi) is 3.61. The summed E-state index contributed by atoms with van der Waals surface area (Å²) in [4.78, 5) is 12.5. The largest absolute Gasteiger partial charge is 0.467 e. The van der Waals surface area contributed by atoms with Gasteiger partial charge in [-0.3, -0.25) is 0 Å². The Morgan fingerprint density at radius 3 is 2.53 bits per heavy atom. The Morgan fingerprint density at radius 1 is 1.18 bits per heavy atom. The maximum absolute atomic E-state index is 5.04. The van der Waals surface area contributed by atoms with Crippen LogP contribution in [0.25, 0.3) is 0 Å². The molecule has 2 N–H and O–H groups in total. The minimum atomic E-state index is 0.331. The van der Waals surface area contributed by atoms with Gasteiger partial charge in [0, 0.05) is 13.1 Å². The molecule has 1 fully saturated rings. The zero-order valence-corrected chi connectivity index (χ0v) is 10.5. The first-order chi connectivity index (χ1) is 8.21. The quantitative estimate of drug-likeness (QED) is 0.827. The van der Waals surface area contributed by atoms with Crippen LogP contribution in [-0.4, -0.2) is 35.2 Å². The predicted octanol–water partition coefficient (Wildman–Crippen LogP) is 1.52. The topological polar surface area (TPSA) is 72.0 Å². The lowest BCUT2D eigenvalue weighted by Crippen LogP contribution is -2.18. The van der Waals surface area contributed by atoms with Crippen molar-refractivity contribution in [1.82, 2.24) is 15.0 Å². The third-order valence-corrected chi connectivity index (χ3v) is 3.05. The SMILES string of the molecule is CNc1nc(NC2CCC(C)C2)nc(OC)n1. The first-order valence-electron chi connectivity index (χ1n) is 5.95. The average Bonchev–Trinajstić information content (AvgIpc) is 2.74. The summed E-state index contributed by atoms with van der Waals surface area (Å²) in [6.07, 6.45) is 3.60. The van der Waals surface area contributed by atoms with E-state index in [4.69, 9.17) is 4.74 Å². The van der Waals surface area contributed by atoms with Crippen LogP contribution in [0, 0.1) is 5.92 Å². The molecule has 2 rings (SSSR count). The molecule has 1 saturated carbocycles. The zero-order valence-electron chi connectivity index (χ0n) is 10.5. The number of hydrogen-bond donors (Lipinski definition) is 2. The first-order valence-corrected chi connectivity index (χ1v) is 5.95. The van der Waals surface area contributed by atoms with Gasteiger partial charge in [0.05, 0.1) is 7.11 Å². The molecule has 0 spiro atoms. The molecule has 0 bridgehead atoms. The molecular weight excluding hydrogens is 218 g/mol. The summed E-state index contributed by atoms with van der Waals surface area (Å²) < 4.78 is 5.04. The molecule has 1 aromatic heterocycles. The highest BCUT2D eigenvalue weighted by Gasteiger charge is 2.22. The lowest BCUT2D eigenvalue weighted by atomic mass is 10.1. The van der Waals surface area contributed by atoms with Crippen molar-refractivity contribution in [3.05, 3.63) is 0 Å². The van der Waals surface area contributed by atoms with Gasteiger partial charge in [0.1, 0.15) is 0 Å². The molecular formula is C11H19N5O. The highest BCUT2D eigenvalue weighted by molar-refractivity contribution is 5.36. The Labute approximate surface area is 101 Å². The summed E-state index contributed by atoms with van der Waals surface area (Å²) in [5.74, 6) is 1.88. The van der Waals surface area contributed by atoms with E-state index in [9.17, 15) is 0 Å². The number of nitrogens with one attached hydrogen (secondary N) is 2. The van der Waals surface area contributed by atoms with Gasteiger partial charge in [-0.15, -0.1) is 0 Å².